The molecule has 0 saturated heterocycles. The van der Waals surface area contributed by atoms with Crippen molar-refractivity contribution >= 4 is 28.9 Å². The van der Waals surface area contributed by atoms with Crippen molar-refractivity contribution in [1.29, 1.82) is 0 Å². The van der Waals surface area contributed by atoms with Gasteiger partial charge in [0.15, 0.2) is 16.6 Å². The molecule has 0 aliphatic heterocycles. The van der Waals surface area contributed by atoms with Crippen molar-refractivity contribution in [2.75, 3.05) is 12.1 Å². The summed E-state index contributed by atoms with van der Waals surface area (Å²) in [7, 11) is 1.28. The Bertz CT molecular complexity index is 800. The average molecular weight is 381 g/mol. The highest BCUT2D eigenvalue weighted by atomic mass is 32.1. The van der Waals surface area contributed by atoms with Crippen molar-refractivity contribution in [3.63, 3.8) is 0 Å². The SMILES string of the molecule is COc1cc(C(=O)NN(C(N)=S)c2ccc(C)cc2)ccc1OC(F)F. The Morgan fingerprint density at radius 1 is 1.19 bits per heavy atom. The van der Waals surface area contributed by atoms with Gasteiger partial charge >= 0.3 is 6.61 Å². The topological polar surface area (TPSA) is 76.8 Å². The summed E-state index contributed by atoms with van der Waals surface area (Å²) >= 11 is 4.98. The van der Waals surface area contributed by atoms with Gasteiger partial charge in [0.25, 0.3) is 5.91 Å². The number of anilines is 1. The van der Waals surface area contributed by atoms with Gasteiger partial charge in [-0.25, -0.2) is 5.01 Å². The largest absolute Gasteiger partial charge is 0.493 e. The number of carbonyl (C=O) groups excluding carboxylic acids is 1. The number of nitrogens with two attached hydrogens (primary N) is 1. The zero-order valence-electron chi connectivity index (χ0n) is 14.0. The number of hydrogen-bond donors (Lipinski definition) is 2. The molecule has 2 aromatic carbocycles. The Hall–Kier alpha value is -2.94. The van der Waals surface area contributed by atoms with Gasteiger partial charge in [-0.05, 0) is 49.5 Å². The average Bonchev–Trinajstić information content (AvgIpc) is 2.60. The quantitative estimate of drug-likeness (QED) is 0.613. The number of hydrogen-bond acceptors (Lipinski definition) is 4. The second kappa shape index (κ2) is 8.43. The summed E-state index contributed by atoms with van der Waals surface area (Å²) < 4.78 is 34.1. The van der Waals surface area contributed by atoms with E-state index in [4.69, 9.17) is 22.7 Å². The number of nitrogens with one attached hydrogen (secondary N) is 1. The Kier molecular flexibility index (Phi) is 6.29. The summed E-state index contributed by atoms with van der Waals surface area (Å²) in [5.41, 5.74) is 10.00. The maximum atomic E-state index is 12.5. The maximum absolute atomic E-state index is 12.5. The van der Waals surface area contributed by atoms with Crippen molar-refractivity contribution < 1.29 is 23.0 Å². The van der Waals surface area contributed by atoms with E-state index in [0.29, 0.717) is 5.69 Å². The van der Waals surface area contributed by atoms with Crippen molar-refractivity contribution in [2.45, 2.75) is 13.5 Å². The Labute approximate surface area is 154 Å². The second-order valence-corrected chi connectivity index (χ2v) is 5.61. The molecule has 2 aromatic rings. The van der Waals surface area contributed by atoms with E-state index >= 15 is 0 Å². The molecule has 1 amide bonds. The minimum absolute atomic E-state index is 0.00448. The van der Waals surface area contributed by atoms with Gasteiger partial charge in [0.05, 0.1) is 12.8 Å². The molecule has 0 saturated carbocycles. The smallest absolute Gasteiger partial charge is 0.387 e. The van der Waals surface area contributed by atoms with Crippen LogP contribution in [0.4, 0.5) is 14.5 Å². The Balaban J connectivity index is 2.24. The highest BCUT2D eigenvalue weighted by Gasteiger charge is 2.17. The van der Waals surface area contributed by atoms with Gasteiger partial charge in [-0.1, -0.05) is 17.7 Å². The van der Waals surface area contributed by atoms with E-state index < -0.39 is 12.5 Å². The Morgan fingerprint density at radius 2 is 1.85 bits per heavy atom. The fourth-order valence-electron chi connectivity index (χ4n) is 2.11. The van der Waals surface area contributed by atoms with Gasteiger partial charge < -0.3 is 15.2 Å². The number of rotatable bonds is 5. The van der Waals surface area contributed by atoms with Crippen LogP contribution in [0.5, 0.6) is 11.5 Å². The van der Waals surface area contributed by atoms with Crippen LogP contribution in [0.25, 0.3) is 0 Å². The van der Waals surface area contributed by atoms with E-state index in [-0.39, 0.29) is 22.2 Å². The van der Waals surface area contributed by atoms with E-state index in [2.05, 4.69) is 10.2 Å². The zero-order valence-corrected chi connectivity index (χ0v) is 14.8. The molecule has 26 heavy (non-hydrogen) atoms. The van der Waals surface area contributed by atoms with Crippen LogP contribution >= 0.6 is 12.2 Å². The number of hydrazine groups is 1. The van der Waals surface area contributed by atoms with Gasteiger partial charge in [-0.15, -0.1) is 0 Å². The molecule has 0 spiro atoms. The predicted molar refractivity (Wildman–Crippen MR) is 97.5 cm³/mol. The Morgan fingerprint density at radius 3 is 2.38 bits per heavy atom. The lowest BCUT2D eigenvalue weighted by Crippen LogP contribution is -2.49. The first-order chi connectivity index (χ1) is 12.3. The molecule has 0 fully saturated rings. The molecule has 2 rings (SSSR count). The van der Waals surface area contributed by atoms with Crippen LogP contribution in [-0.2, 0) is 0 Å². The molecule has 0 bridgehead atoms. The first kappa shape index (κ1) is 19.4. The van der Waals surface area contributed by atoms with Crippen molar-refractivity contribution in [3.05, 3.63) is 53.6 Å². The molecule has 0 atom stereocenters. The van der Waals surface area contributed by atoms with Crippen LogP contribution in [0, 0.1) is 6.92 Å². The van der Waals surface area contributed by atoms with Gasteiger partial charge in [-0.2, -0.15) is 8.78 Å². The van der Waals surface area contributed by atoms with E-state index in [9.17, 15) is 13.6 Å². The van der Waals surface area contributed by atoms with Gasteiger partial charge in [0.1, 0.15) is 0 Å². The molecule has 0 heterocycles. The number of ether oxygens (including phenoxy) is 2. The highest BCUT2D eigenvalue weighted by molar-refractivity contribution is 7.80. The fraction of sp³-hybridized carbons (Fsp3) is 0.176. The third-order valence-electron chi connectivity index (χ3n) is 3.37. The third kappa shape index (κ3) is 4.79. The summed E-state index contributed by atoms with van der Waals surface area (Å²) in [5, 5.41) is 1.18. The summed E-state index contributed by atoms with van der Waals surface area (Å²) in [6.07, 6.45) is 0. The van der Waals surface area contributed by atoms with Gasteiger partial charge in [0.2, 0.25) is 0 Å². The minimum Gasteiger partial charge on any atom is -0.493 e. The van der Waals surface area contributed by atoms with Gasteiger partial charge in [0, 0.05) is 5.56 Å². The number of nitrogens with zero attached hydrogens (tertiary/aromatic N) is 1. The molecular weight excluding hydrogens is 364 g/mol. The molecule has 0 radical (unpaired) electrons. The zero-order chi connectivity index (χ0) is 19.3. The van der Waals surface area contributed by atoms with Crippen LogP contribution in [0.1, 0.15) is 15.9 Å². The van der Waals surface area contributed by atoms with E-state index in [0.717, 1.165) is 5.56 Å². The van der Waals surface area contributed by atoms with E-state index in [1.165, 1.54) is 30.3 Å². The maximum Gasteiger partial charge on any atom is 0.387 e. The van der Waals surface area contributed by atoms with Crippen LogP contribution in [-0.4, -0.2) is 24.7 Å². The lowest BCUT2D eigenvalue weighted by atomic mass is 10.2. The summed E-state index contributed by atoms with van der Waals surface area (Å²) in [6.45, 7) is -1.09. The van der Waals surface area contributed by atoms with Crippen LogP contribution in [0.15, 0.2) is 42.5 Å². The first-order valence-corrected chi connectivity index (χ1v) is 7.82. The van der Waals surface area contributed by atoms with Crippen LogP contribution in [0.3, 0.4) is 0 Å². The fourth-order valence-corrected chi connectivity index (χ4v) is 2.26. The lowest BCUT2D eigenvalue weighted by molar-refractivity contribution is -0.0512. The molecule has 3 N–H and O–H groups in total. The number of benzene rings is 2. The molecule has 0 unspecified atom stereocenters. The molecule has 138 valence electrons. The summed E-state index contributed by atoms with van der Waals surface area (Å²) in [4.78, 5) is 12.5. The molecule has 0 aliphatic carbocycles. The molecule has 6 nitrogen and oxygen atoms in total. The molecule has 9 heteroatoms. The molecular formula is C17H17F2N3O3S. The summed E-state index contributed by atoms with van der Waals surface area (Å²) in [5.74, 6) is -0.737. The standard InChI is InChI=1S/C17H17F2N3O3S/c1-10-3-6-12(7-4-10)22(17(20)26)21-15(23)11-5-8-13(25-16(18)19)14(9-11)24-2/h3-9,16H,1-2H3,(H2,20,26)(H,21,23). The number of methoxy groups -OCH3 is 1. The molecule has 0 aliphatic rings. The monoisotopic (exact) mass is 381 g/mol. The lowest BCUT2D eigenvalue weighted by Gasteiger charge is -2.23. The minimum atomic E-state index is -3.00. The number of carbonyl (C=O) groups is 1. The number of thiocarbonyl (C=S) groups is 1. The second-order valence-electron chi connectivity index (χ2n) is 5.19. The summed E-state index contributed by atoms with van der Waals surface area (Å²) in [6, 6.07) is 11.0. The first-order valence-electron chi connectivity index (χ1n) is 7.42. The van der Waals surface area contributed by atoms with E-state index in [1.807, 2.05) is 19.1 Å². The molecule has 0 aromatic heterocycles. The third-order valence-corrected chi connectivity index (χ3v) is 3.55. The van der Waals surface area contributed by atoms with Crippen LogP contribution < -0.4 is 25.6 Å². The van der Waals surface area contributed by atoms with Crippen molar-refractivity contribution in [2.24, 2.45) is 5.73 Å². The number of aryl methyl sites for hydroxylation is 1. The normalized spacial score (nSPS) is 10.3. The van der Waals surface area contributed by atoms with Crippen molar-refractivity contribution in [1.82, 2.24) is 5.43 Å². The predicted octanol–water partition coefficient (Wildman–Crippen LogP) is 3.00. The van der Waals surface area contributed by atoms with E-state index in [1.54, 1.807) is 12.1 Å². The number of alkyl halides is 2. The van der Waals surface area contributed by atoms with Crippen LogP contribution in [0.2, 0.25) is 0 Å². The van der Waals surface area contributed by atoms with Gasteiger partial charge in [-0.3, -0.25) is 10.2 Å². The highest BCUT2D eigenvalue weighted by Crippen LogP contribution is 2.29. The number of halogens is 2. The number of amides is 1. The van der Waals surface area contributed by atoms with Crippen molar-refractivity contribution in [3.8, 4) is 11.5 Å².